The van der Waals surface area contributed by atoms with Crippen LogP contribution in [0, 0.1) is 13.8 Å². The second kappa shape index (κ2) is 10.0. The van der Waals surface area contributed by atoms with E-state index in [1.54, 1.807) is 26.1 Å². The normalized spacial score (nSPS) is 19.8. The van der Waals surface area contributed by atoms with Crippen molar-refractivity contribution in [3.8, 4) is 0 Å². The zero-order chi connectivity index (χ0) is 24.3. The van der Waals surface area contributed by atoms with Crippen LogP contribution in [0.1, 0.15) is 30.0 Å². The van der Waals surface area contributed by atoms with Gasteiger partial charge in [-0.15, -0.1) is 0 Å². The molecule has 3 rings (SSSR count). The number of hydrogen-bond acceptors (Lipinski definition) is 6. The third-order valence-corrected chi connectivity index (χ3v) is 7.74. The lowest BCUT2D eigenvalue weighted by Crippen LogP contribution is -2.44. The average Bonchev–Trinajstić information content (AvgIpc) is 3.18. The molecule has 0 saturated carbocycles. The molecule has 1 heterocycles. The van der Waals surface area contributed by atoms with Crippen molar-refractivity contribution < 1.29 is 27.9 Å². The highest BCUT2D eigenvalue weighted by Gasteiger charge is 2.45. The molecule has 8 nitrogen and oxygen atoms in total. The molecule has 9 heteroatoms. The SMILES string of the molecule is Cc1ccc(S(=O)(=O)N2CC(O)C[C@H]2C(=O)OC(C)C(=O)N(C)Cc2ccccc2)cc1C. The van der Waals surface area contributed by atoms with Gasteiger partial charge < -0.3 is 14.7 Å². The molecule has 0 bridgehead atoms. The zero-order valence-electron chi connectivity index (χ0n) is 19.3. The molecule has 0 aromatic heterocycles. The number of aliphatic hydroxyl groups is 1. The molecule has 1 aliphatic heterocycles. The monoisotopic (exact) mass is 474 g/mol. The number of hydrogen-bond donors (Lipinski definition) is 1. The number of likely N-dealkylation sites (N-methyl/N-ethyl adjacent to an activating group) is 1. The Morgan fingerprint density at radius 3 is 2.45 bits per heavy atom. The van der Waals surface area contributed by atoms with Gasteiger partial charge in [0.1, 0.15) is 6.04 Å². The zero-order valence-corrected chi connectivity index (χ0v) is 20.1. The number of carbonyl (C=O) groups is 2. The molecule has 33 heavy (non-hydrogen) atoms. The first-order valence-electron chi connectivity index (χ1n) is 10.8. The maximum atomic E-state index is 13.2. The number of rotatable bonds is 7. The van der Waals surface area contributed by atoms with Gasteiger partial charge in [-0.1, -0.05) is 36.4 Å². The maximum absolute atomic E-state index is 13.2. The van der Waals surface area contributed by atoms with Crippen molar-refractivity contribution >= 4 is 21.9 Å². The van der Waals surface area contributed by atoms with Gasteiger partial charge in [0.15, 0.2) is 6.10 Å². The van der Waals surface area contributed by atoms with Crippen LogP contribution in [0.4, 0.5) is 0 Å². The number of sulfonamides is 1. The van der Waals surface area contributed by atoms with E-state index in [9.17, 15) is 23.1 Å². The summed E-state index contributed by atoms with van der Waals surface area (Å²) in [7, 11) is -2.43. The van der Waals surface area contributed by atoms with Crippen LogP contribution in [0.3, 0.4) is 0 Å². The predicted molar refractivity (Wildman–Crippen MR) is 123 cm³/mol. The van der Waals surface area contributed by atoms with E-state index in [1.165, 1.54) is 17.9 Å². The molecule has 0 aliphatic carbocycles. The van der Waals surface area contributed by atoms with Crippen LogP contribution in [0.25, 0.3) is 0 Å². The lowest BCUT2D eigenvalue weighted by atomic mass is 10.1. The Kier molecular flexibility index (Phi) is 7.56. The number of ether oxygens (including phenoxy) is 1. The first-order valence-corrected chi connectivity index (χ1v) is 12.2. The Morgan fingerprint density at radius 2 is 1.82 bits per heavy atom. The third-order valence-electron chi connectivity index (χ3n) is 5.87. The first-order chi connectivity index (χ1) is 15.5. The lowest BCUT2D eigenvalue weighted by Gasteiger charge is -2.26. The molecule has 2 aromatic rings. The molecule has 1 amide bonds. The van der Waals surface area contributed by atoms with Crippen molar-refractivity contribution in [3.63, 3.8) is 0 Å². The van der Waals surface area contributed by atoms with E-state index in [2.05, 4.69) is 0 Å². The fraction of sp³-hybridized carbons (Fsp3) is 0.417. The highest BCUT2D eigenvalue weighted by Crippen LogP contribution is 2.28. The number of aliphatic hydroxyl groups excluding tert-OH is 1. The van der Waals surface area contributed by atoms with Crippen molar-refractivity contribution in [2.75, 3.05) is 13.6 Å². The first kappa shape index (κ1) is 24.9. The summed E-state index contributed by atoms with van der Waals surface area (Å²) in [6.45, 7) is 5.26. The molecule has 178 valence electrons. The second-order valence-corrected chi connectivity index (χ2v) is 10.4. The molecule has 3 atom stereocenters. The van der Waals surface area contributed by atoms with Crippen LogP contribution in [0.5, 0.6) is 0 Å². The van der Waals surface area contributed by atoms with Crippen LogP contribution in [-0.4, -0.2) is 66.4 Å². The van der Waals surface area contributed by atoms with E-state index in [4.69, 9.17) is 4.74 Å². The van der Waals surface area contributed by atoms with E-state index in [1.807, 2.05) is 37.3 Å². The average molecular weight is 475 g/mol. The molecule has 1 N–H and O–H groups in total. The highest BCUT2D eigenvalue weighted by molar-refractivity contribution is 7.89. The number of nitrogens with zero attached hydrogens (tertiary/aromatic N) is 2. The predicted octanol–water partition coefficient (Wildman–Crippen LogP) is 2.02. The quantitative estimate of drug-likeness (QED) is 0.616. The fourth-order valence-corrected chi connectivity index (χ4v) is 5.53. The molecule has 2 unspecified atom stereocenters. The van der Waals surface area contributed by atoms with Crippen molar-refractivity contribution in [2.24, 2.45) is 0 Å². The molecule has 0 spiro atoms. The van der Waals surface area contributed by atoms with E-state index < -0.39 is 40.1 Å². The lowest BCUT2D eigenvalue weighted by molar-refractivity contribution is -0.161. The van der Waals surface area contributed by atoms with E-state index in [0.29, 0.717) is 6.54 Å². The van der Waals surface area contributed by atoms with E-state index in [0.717, 1.165) is 21.0 Å². The largest absolute Gasteiger partial charge is 0.451 e. The van der Waals surface area contributed by atoms with Gasteiger partial charge in [-0.25, -0.2) is 8.42 Å². The Hall–Kier alpha value is -2.75. The topological polar surface area (TPSA) is 104 Å². The fourth-order valence-electron chi connectivity index (χ4n) is 3.82. The summed E-state index contributed by atoms with van der Waals surface area (Å²) in [5.74, 6) is -1.26. The summed E-state index contributed by atoms with van der Waals surface area (Å²) in [5, 5.41) is 10.1. The Balaban J connectivity index is 1.72. The van der Waals surface area contributed by atoms with Crippen LogP contribution in [0.15, 0.2) is 53.4 Å². The third kappa shape index (κ3) is 5.61. The molecular formula is C24H30N2O6S. The molecule has 2 aromatic carbocycles. The second-order valence-electron chi connectivity index (χ2n) is 8.49. The summed E-state index contributed by atoms with van der Waals surface area (Å²) in [5.41, 5.74) is 2.67. The van der Waals surface area contributed by atoms with Gasteiger partial charge >= 0.3 is 5.97 Å². The minimum atomic E-state index is -4.04. The number of amides is 1. The minimum Gasteiger partial charge on any atom is -0.451 e. The Labute approximate surface area is 194 Å². The number of carbonyl (C=O) groups excluding carboxylic acids is 2. The molecule has 1 saturated heterocycles. The summed E-state index contributed by atoms with van der Waals surface area (Å²) in [6, 6.07) is 12.9. The molecule has 1 fully saturated rings. The van der Waals surface area contributed by atoms with Crippen molar-refractivity contribution in [1.82, 2.24) is 9.21 Å². The summed E-state index contributed by atoms with van der Waals surface area (Å²) in [6.07, 6.45) is -2.20. The van der Waals surface area contributed by atoms with Gasteiger partial charge in [0.2, 0.25) is 10.0 Å². The van der Waals surface area contributed by atoms with Gasteiger partial charge in [-0.05, 0) is 49.6 Å². The van der Waals surface area contributed by atoms with Crippen LogP contribution < -0.4 is 0 Å². The smallest absolute Gasteiger partial charge is 0.325 e. The summed E-state index contributed by atoms with van der Waals surface area (Å²) in [4.78, 5) is 27.1. The Morgan fingerprint density at radius 1 is 1.15 bits per heavy atom. The van der Waals surface area contributed by atoms with Crippen molar-refractivity contribution in [3.05, 3.63) is 65.2 Å². The van der Waals surface area contributed by atoms with Crippen molar-refractivity contribution in [2.45, 2.75) is 56.9 Å². The van der Waals surface area contributed by atoms with E-state index in [-0.39, 0.29) is 17.9 Å². The maximum Gasteiger partial charge on any atom is 0.325 e. The van der Waals surface area contributed by atoms with Crippen LogP contribution in [-0.2, 0) is 30.9 Å². The van der Waals surface area contributed by atoms with Gasteiger partial charge in [0, 0.05) is 26.6 Å². The summed E-state index contributed by atoms with van der Waals surface area (Å²) >= 11 is 0. The van der Waals surface area contributed by atoms with Crippen molar-refractivity contribution in [1.29, 1.82) is 0 Å². The van der Waals surface area contributed by atoms with E-state index >= 15 is 0 Å². The number of β-amino-alcohol motifs (C(OH)–C–C–N with tert-alkyl or cyclic N) is 1. The number of benzene rings is 2. The Bertz CT molecular complexity index is 1120. The number of aryl methyl sites for hydroxylation is 2. The minimum absolute atomic E-state index is 0.0456. The van der Waals surface area contributed by atoms with Crippen LogP contribution in [0.2, 0.25) is 0 Å². The highest BCUT2D eigenvalue weighted by atomic mass is 32.2. The summed E-state index contributed by atoms with van der Waals surface area (Å²) < 4.78 is 32.8. The van der Waals surface area contributed by atoms with Gasteiger partial charge in [-0.3, -0.25) is 9.59 Å². The van der Waals surface area contributed by atoms with Crippen LogP contribution >= 0.6 is 0 Å². The molecular weight excluding hydrogens is 444 g/mol. The van der Waals surface area contributed by atoms with Gasteiger partial charge in [-0.2, -0.15) is 4.31 Å². The van der Waals surface area contributed by atoms with Gasteiger partial charge in [0.25, 0.3) is 5.91 Å². The standard InChI is InChI=1S/C24H30N2O6S/c1-16-10-11-21(12-17(16)2)33(30,31)26-15-20(27)13-22(26)24(29)32-18(3)23(28)25(4)14-19-8-6-5-7-9-19/h5-12,18,20,22,27H,13-15H2,1-4H3/t18?,20?,22-/m0/s1. The molecule has 0 radical (unpaired) electrons. The molecule has 1 aliphatic rings. The number of esters is 1. The van der Waals surface area contributed by atoms with Gasteiger partial charge in [0.05, 0.1) is 11.0 Å².